The van der Waals surface area contributed by atoms with Crippen molar-refractivity contribution in [2.45, 2.75) is 13.1 Å². The van der Waals surface area contributed by atoms with Crippen LogP contribution in [-0.2, 0) is 6.18 Å². The van der Waals surface area contributed by atoms with Crippen molar-refractivity contribution in [1.29, 1.82) is 0 Å². The van der Waals surface area contributed by atoms with Gasteiger partial charge in [0.15, 0.2) is 0 Å². The highest BCUT2D eigenvalue weighted by molar-refractivity contribution is 6.35. The van der Waals surface area contributed by atoms with Gasteiger partial charge in [0.2, 0.25) is 0 Å². The summed E-state index contributed by atoms with van der Waals surface area (Å²) >= 11 is 5.79. The number of aromatic nitrogens is 1. The van der Waals surface area contributed by atoms with Crippen LogP contribution in [0.4, 0.5) is 13.2 Å². The molecule has 0 unspecified atom stereocenters. The van der Waals surface area contributed by atoms with Gasteiger partial charge in [-0.3, -0.25) is 0 Å². The minimum atomic E-state index is -4.37. The standard InChI is InChI=1S/C10H7ClF3N/c1-5-6-3-2-4-7(11)8(6)15-9(5)10(12,13)14/h2-4,15H,1H3. The van der Waals surface area contributed by atoms with Crippen LogP contribution >= 0.6 is 11.6 Å². The largest absolute Gasteiger partial charge is 0.431 e. The van der Waals surface area contributed by atoms with Crippen LogP contribution < -0.4 is 0 Å². The lowest BCUT2D eigenvalue weighted by atomic mass is 10.1. The van der Waals surface area contributed by atoms with Crippen LogP contribution in [0.2, 0.25) is 5.02 Å². The number of aromatic amines is 1. The van der Waals surface area contributed by atoms with Gasteiger partial charge in [-0.1, -0.05) is 23.7 Å². The lowest BCUT2D eigenvalue weighted by Gasteiger charge is -2.04. The fraction of sp³-hybridized carbons (Fsp3) is 0.200. The zero-order valence-electron chi connectivity index (χ0n) is 7.74. The van der Waals surface area contributed by atoms with Crippen molar-refractivity contribution in [3.63, 3.8) is 0 Å². The number of H-pyrrole nitrogens is 1. The van der Waals surface area contributed by atoms with E-state index in [1.807, 2.05) is 0 Å². The molecule has 1 N–H and O–H groups in total. The highest BCUT2D eigenvalue weighted by Crippen LogP contribution is 2.36. The van der Waals surface area contributed by atoms with Crippen LogP contribution in [0.15, 0.2) is 18.2 Å². The van der Waals surface area contributed by atoms with E-state index in [1.54, 1.807) is 18.2 Å². The van der Waals surface area contributed by atoms with Crippen LogP contribution in [0.1, 0.15) is 11.3 Å². The van der Waals surface area contributed by atoms with Gasteiger partial charge in [0, 0.05) is 5.39 Å². The monoisotopic (exact) mass is 233 g/mol. The first kappa shape index (κ1) is 10.4. The lowest BCUT2D eigenvalue weighted by Crippen LogP contribution is -2.06. The normalized spacial score (nSPS) is 12.3. The van der Waals surface area contributed by atoms with E-state index in [2.05, 4.69) is 4.98 Å². The summed E-state index contributed by atoms with van der Waals surface area (Å²) in [5.41, 5.74) is -0.213. The Labute approximate surface area is 88.9 Å². The van der Waals surface area contributed by atoms with Crippen LogP contribution in [-0.4, -0.2) is 4.98 Å². The van der Waals surface area contributed by atoms with E-state index in [1.165, 1.54) is 6.92 Å². The topological polar surface area (TPSA) is 15.8 Å². The van der Waals surface area contributed by atoms with Gasteiger partial charge in [0.1, 0.15) is 5.69 Å². The maximum Gasteiger partial charge on any atom is 0.431 e. The third-order valence-corrected chi connectivity index (χ3v) is 2.64. The molecule has 2 aromatic rings. The fourth-order valence-corrected chi connectivity index (χ4v) is 1.82. The van der Waals surface area contributed by atoms with E-state index in [9.17, 15) is 13.2 Å². The Balaban J connectivity index is 2.81. The number of nitrogens with one attached hydrogen (secondary N) is 1. The highest BCUT2D eigenvalue weighted by Gasteiger charge is 2.35. The summed E-state index contributed by atoms with van der Waals surface area (Å²) in [6.45, 7) is 1.43. The Hall–Kier alpha value is -1.16. The van der Waals surface area contributed by atoms with Crippen molar-refractivity contribution in [2.75, 3.05) is 0 Å². The molecule has 0 amide bonds. The molecule has 0 bridgehead atoms. The van der Waals surface area contributed by atoms with E-state index in [0.717, 1.165) is 0 Å². The van der Waals surface area contributed by atoms with Crippen molar-refractivity contribution in [2.24, 2.45) is 0 Å². The van der Waals surface area contributed by atoms with Gasteiger partial charge in [-0.25, -0.2) is 0 Å². The molecule has 80 valence electrons. The fourth-order valence-electron chi connectivity index (χ4n) is 1.60. The molecule has 1 aromatic carbocycles. The smallest absolute Gasteiger partial charge is 0.350 e. The molecule has 0 aliphatic carbocycles. The first-order chi connectivity index (χ1) is 6.91. The van der Waals surface area contributed by atoms with Gasteiger partial charge in [0.25, 0.3) is 0 Å². The Morgan fingerprint density at radius 2 is 1.93 bits per heavy atom. The molecule has 0 radical (unpaired) electrons. The molecule has 0 aliphatic rings. The number of aryl methyl sites for hydroxylation is 1. The maximum absolute atomic E-state index is 12.5. The van der Waals surface area contributed by atoms with Crippen LogP contribution in [0.5, 0.6) is 0 Å². The number of fused-ring (bicyclic) bond motifs is 1. The second-order valence-corrected chi connectivity index (χ2v) is 3.69. The van der Waals surface area contributed by atoms with Crippen LogP contribution in [0, 0.1) is 6.92 Å². The summed E-state index contributed by atoms with van der Waals surface area (Å²) < 4.78 is 37.6. The molecule has 0 saturated heterocycles. The van der Waals surface area contributed by atoms with E-state index < -0.39 is 11.9 Å². The van der Waals surface area contributed by atoms with Crippen LogP contribution in [0.3, 0.4) is 0 Å². The summed E-state index contributed by atoms with van der Waals surface area (Å²) in [5.74, 6) is 0. The number of para-hydroxylation sites is 1. The second-order valence-electron chi connectivity index (χ2n) is 3.29. The van der Waals surface area contributed by atoms with Crippen molar-refractivity contribution >= 4 is 22.5 Å². The number of hydrogen-bond donors (Lipinski definition) is 1. The number of rotatable bonds is 0. The predicted molar refractivity (Wildman–Crippen MR) is 53.0 cm³/mol. The van der Waals surface area contributed by atoms with Crippen molar-refractivity contribution in [3.8, 4) is 0 Å². The van der Waals surface area contributed by atoms with Crippen molar-refractivity contribution < 1.29 is 13.2 Å². The average Bonchev–Trinajstić information content (AvgIpc) is 2.45. The lowest BCUT2D eigenvalue weighted by molar-refractivity contribution is -0.141. The van der Waals surface area contributed by atoms with E-state index in [-0.39, 0.29) is 5.56 Å². The number of hydrogen-bond acceptors (Lipinski definition) is 0. The van der Waals surface area contributed by atoms with Crippen molar-refractivity contribution in [3.05, 3.63) is 34.5 Å². The molecule has 0 fully saturated rings. The van der Waals surface area contributed by atoms with E-state index in [0.29, 0.717) is 15.9 Å². The Morgan fingerprint density at radius 3 is 2.47 bits per heavy atom. The minimum Gasteiger partial charge on any atom is -0.350 e. The van der Waals surface area contributed by atoms with Crippen molar-refractivity contribution in [1.82, 2.24) is 4.98 Å². The molecule has 0 atom stereocenters. The summed E-state index contributed by atoms with van der Waals surface area (Å²) in [6, 6.07) is 4.80. The third kappa shape index (κ3) is 1.59. The van der Waals surface area contributed by atoms with Gasteiger partial charge in [0.05, 0.1) is 10.5 Å². The summed E-state index contributed by atoms with van der Waals surface area (Å²) in [5, 5.41) is 0.806. The molecule has 1 aromatic heterocycles. The summed E-state index contributed by atoms with van der Waals surface area (Å²) in [4.78, 5) is 2.32. The summed E-state index contributed by atoms with van der Waals surface area (Å²) in [6.07, 6.45) is -4.37. The molecule has 0 spiro atoms. The minimum absolute atomic E-state index is 0.181. The van der Waals surface area contributed by atoms with Gasteiger partial charge >= 0.3 is 6.18 Å². The molecule has 15 heavy (non-hydrogen) atoms. The SMILES string of the molecule is Cc1c(C(F)(F)F)[nH]c2c(Cl)cccc12. The van der Waals surface area contributed by atoms with Gasteiger partial charge in [-0.15, -0.1) is 0 Å². The highest BCUT2D eigenvalue weighted by atomic mass is 35.5. The van der Waals surface area contributed by atoms with Crippen LogP contribution in [0.25, 0.3) is 10.9 Å². The number of halogens is 4. The molecule has 0 aliphatic heterocycles. The Bertz CT molecular complexity index is 513. The zero-order chi connectivity index (χ0) is 11.2. The van der Waals surface area contributed by atoms with E-state index >= 15 is 0 Å². The molecular weight excluding hydrogens is 227 g/mol. The Morgan fingerprint density at radius 1 is 1.27 bits per heavy atom. The maximum atomic E-state index is 12.5. The predicted octanol–water partition coefficient (Wildman–Crippen LogP) is 4.15. The summed E-state index contributed by atoms with van der Waals surface area (Å²) in [7, 11) is 0. The molecule has 5 heteroatoms. The average molecular weight is 234 g/mol. The van der Waals surface area contributed by atoms with Gasteiger partial charge in [-0.05, 0) is 18.6 Å². The first-order valence-electron chi connectivity index (χ1n) is 4.25. The quantitative estimate of drug-likeness (QED) is 0.704. The number of alkyl halides is 3. The number of benzene rings is 1. The first-order valence-corrected chi connectivity index (χ1v) is 4.63. The molecule has 1 heterocycles. The van der Waals surface area contributed by atoms with Gasteiger partial charge in [-0.2, -0.15) is 13.2 Å². The molecule has 1 nitrogen and oxygen atoms in total. The third-order valence-electron chi connectivity index (χ3n) is 2.33. The Kier molecular flexibility index (Phi) is 2.19. The van der Waals surface area contributed by atoms with Gasteiger partial charge < -0.3 is 4.98 Å². The molecule has 2 rings (SSSR count). The zero-order valence-corrected chi connectivity index (χ0v) is 8.50. The molecular formula is C10H7ClF3N. The second kappa shape index (κ2) is 3.17. The molecule has 0 saturated carbocycles. The van der Waals surface area contributed by atoms with E-state index in [4.69, 9.17) is 11.6 Å².